The summed E-state index contributed by atoms with van der Waals surface area (Å²) in [5, 5.41) is 10.8. The van der Waals surface area contributed by atoms with E-state index in [2.05, 4.69) is 26.5 Å². The van der Waals surface area contributed by atoms with Gasteiger partial charge in [0.1, 0.15) is 0 Å². The van der Waals surface area contributed by atoms with E-state index in [1.54, 1.807) is 12.3 Å². The molecule has 5 nitrogen and oxygen atoms in total. The van der Waals surface area contributed by atoms with Crippen molar-refractivity contribution in [3.8, 4) is 0 Å². The Morgan fingerprint density at radius 3 is 2.40 bits per heavy atom. The molecule has 0 amide bonds. The first kappa shape index (κ1) is 16.8. The van der Waals surface area contributed by atoms with Crippen molar-refractivity contribution in [1.82, 2.24) is 4.57 Å². The summed E-state index contributed by atoms with van der Waals surface area (Å²) in [5.41, 5.74) is -0.976. The van der Waals surface area contributed by atoms with Crippen LogP contribution in [0.3, 0.4) is 0 Å². The number of thiol groups is 1. The molecule has 0 saturated heterocycles. The van der Waals surface area contributed by atoms with Crippen molar-refractivity contribution in [2.24, 2.45) is 5.41 Å². The third kappa shape index (κ3) is 3.85. The number of nitro groups is 1. The van der Waals surface area contributed by atoms with Crippen molar-refractivity contribution in [3.05, 3.63) is 38.8 Å². The number of rotatable bonds is 8. The van der Waals surface area contributed by atoms with Crippen molar-refractivity contribution >= 4 is 18.3 Å². The van der Waals surface area contributed by atoms with Crippen LogP contribution < -0.4 is 5.56 Å². The first-order valence-electron chi connectivity index (χ1n) is 6.94. The summed E-state index contributed by atoms with van der Waals surface area (Å²) in [6.45, 7) is 4.69. The van der Waals surface area contributed by atoms with E-state index in [1.165, 1.54) is 10.6 Å². The van der Waals surface area contributed by atoms with Gasteiger partial charge in [0.2, 0.25) is 0 Å². The molecule has 0 aromatic carbocycles. The van der Waals surface area contributed by atoms with E-state index in [0.717, 1.165) is 25.7 Å². The maximum atomic E-state index is 12.1. The average Bonchev–Trinajstić information content (AvgIpc) is 2.41. The zero-order chi connectivity index (χ0) is 15.2. The Morgan fingerprint density at radius 1 is 1.35 bits per heavy atom. The predicted octanol–water partition coefficient (Wildman–Crippen LogP) is 3.27. The lowest BCUT2D eigenvalue weighted by atomic mass is 9.81. The fourth-order valence-electron chi connectivity index (χ4n) is 2.70. The van der Waals surface area contributed by atoms with Gasteiger partial charge < -0.3 is 4.57 Å². The van der Waals surface area contributed by atoms with E-state index in [1.807, 2.05) is 0 Å². The molecule has 112 valence electrons. The molecular formula is C14H22N2O3S. The molecule has 0 spiro atoms. The zero-order valence-electron chi connectivity index (χ0n) is 12.0. The monoisotopic (exact) mass is 298 g/mol. The topological polar surface area (TPSA) is 65.1 Å². The highest BCUT2D eigenvalue weighted by molar-refractivity contribution is 7.80. The van der Waals surface area contributed by atoms with Gasteiger partial charge in [-0.15, -0.1) is 0 Å². The second kappa shape index (κ2) is 7.47. The van der Waals surface area contributed by atoms with Crippen LogP contribution in [0.15, 0.2) is 23.1 Å². The van der Waals surface area contributed by atoms with Crippen LogP contribution in [0, 0.1) is 15.5 Å². The third-order valence-electron chi connectivity index (χ3n) is 3.60. The molecule has 1 aromatic rings. The summed E-state index contributed by atoms with van der Waals surface area (Å²) in [6, 6.07) is 2.81. The molecule has 0 bridgehead atoms. The molecule has 0 unspecified atom stereocenters. The van der Waals surface area contributed by atoms with Crippen LogP contribution in [-0.4, -0.2) is 15.2 Å². The molecule has 0 radical (unpaired) electrons. The summed E-state index contributed by atoms with van der Waals surface area (Å²) in [6.07, 6.45) is 5.55. The Hall–Kier alpha value is -1.30. The summed E-state index contributed by atoms with van der Waals surface area (Å²) in [4.78, 5) is 22.3. The molecule has 0 saturated carbocycles. The van der Waals surface area contributed by atoms with Gasteiger partial charge in [-0.2, -0.15) is 12.6 Å². The summed E-state index contributed by atoms with van der Waals surface area (Å²) < 4.78 is 1.46. The number of nitrogens with zero attached hydrogens (tertiary/aromatic N) is 2. The van der Waals surface area contributed by atoms with Gasteiger partial charge in [-0.3, -0.25) is 14.9 Å². The Bertz CT molecular complexity index is 507. The van der Waals surface area contributed by atoms with Crippen LogP contribution in [0.25, 0.3) is 0 Å². The van der Waals surface area contributed by atoms with Gasteiger partial charge >= 0.3 is 11.2 Å². The SMILES string of the molecule is CCCC(CS)(CCC)Cn1cccc([N+](=O)[O-])c1=O. The fourth-order valence-corrected chi connectivity index (χ4v) is 3.12. The largest absolute Gasteiger partial charge is 0.334 e. The van der Waals surface area contributed by atoms with Gasteiger partial charge in [-0.05, 0) is 30.1 Å². The van der Waals surface area contributed by atoms with Crippen molar-refractivity contribution in [3.63, 3.8) is 0 Å². The number of hydrogen-bond donors (Lipinski definition) is 1. The van der Waals surface area contributed by atoms with Crippen LogP contribution >= 0.6 is 12.6 Å². The van der Waals surface area contributed by atoms with Crippen LogP contribution in [0.2, 0.25) is 0 Å². The maximum absolute atomic E-state index is 12.1. The van der Waals surface area contributed by atoms with Gasteiger partial charge in [-0.25, -0.2) is 0 Å². The minimum absolute atomic E-state index is 0.0777. The maximum Gasteiger partial charge on any atom is 0.334 e. The first-order chi connectivity index (χ1) is 9.49. The third-order valence-corrected chi connectivity index (χ3v) is 4.27. The second-order valence-corrected chi connectivity index (χ2v) is 5.56. The molecule has 1 aromatic heterocycles. The van der Waals surface area contributed by atoms with Crippen LogP contribution in [-0.2, 0) is 6.54 Å². The smallest absolute Gasteiger partial charge is 0.309 e. The van der Waals surface area contributed by atoms with Crippen LogP contribution in [0.1, 0.15) is 39.5 Å². The molecule has 20 heavy (non-hydrogen) atoms. The van der Waals surface area contributed by atoms with E-state index in [4.69, 9.17) is 0 Å². The van der Waals surface area contributed by atoms with E-state index in [-0.39, 0.29) is 11.1 Å². The Morgan fingerprint density at radius 2 is 1.95 bits per heavy atom. The molecule has 0 aliphatic heterocycles. The summed E-state index contributed by atoms with van der Waals surface area (Å²) in [5.74, 6) is 0.670. The number of aromatic nitrogens is 1. The second-order valence-electron chi connectivity index (χ2n) is 5.24. The molecular weight excluding hydrogens is 276 g/mol. The van der Waals surface area contributed by atoms with Gasteiger partial charge in [0.25, 0.3) is 0 Å². The molecule has 0 aliphatic rings. The van der Waals surface area contributed by atoms with Crippen LogP contribution in [0.4, 0.5) is 5.69 Å². The lowest BCUT2D eigenvalue weighted by Crippen LogP contribution is -2.34. The summed E-state index contributed by atoms with van der Waals surface area (Å²) >= 11 is 4.45. The number of pyridine rings is 1. The molecule has 1 rings (SSSR count). The van der Waals surface area contributed by atoms with Crippen molar-refractivity contribution < 1.29 is 4.92 Å². The Kier molecular flexibility index (Phi) is 6.26. The lowest BCUT2D eigenvalue weighted by molar-refractivity contribution is -0.386. The molecule has 6 heteroatoms. The fraction of sp³-hybridized carbons (Fsp3) is 0.643. The lowest BCUT2D eigenvalue weighted by Gasteiger charge is -2.32. The minimum Gasteiger partial charge on any atom is -0.309 e. The van der Waals surface area contributed by atoms with Gasteiger partial charge in [0.15, 0.2) is 0 Å². The molecule has 0 atom stereocenters. The average molecular weight is 298 g/mol. The highest BCUT2D eigenvalue weighted by Gasteiger charge is 2.28. The van der Waals surface area contributed by atoms with Crippen molar-refractivity contribution in [1.29, 1.82) is 0 Å². The summed E-state index contributed by atoms with van der Waals surface area (Å²) in [7, 11) is 0. The normalized spacial score (nSPS) is 11.6. The highest BCUT2D eigenvalue weighted by Crippen LogP contribution is 2.33. The van der Waals surface area contributed by atoms with E-state index in [9.17, 15) is 14.9 Å². The van der Waals surface area contributed by atoms with Gasteiger partial charge in [0.05, 0.1) is 4.92 Å². The molecule has 0 aliphatic carbocycles. The van der Waals surface area contributed by atoms with E-state index < -0.39 is 10.5 Å². The standard InChI is InChI=1S/C14H22N2O3S/c1-3-7-14(11-20,8-4-2)10-15-9-5-6-12(13(15)17)16(18)19/h5-6,9,20H,3-4,7-8,10-11H2,1-2H3. The van der Waals surface area contributed by atoms with Gasteiger partial charge in [0, 0.05) is 18.8 Å². The Balaban J connectivity index is 3.14. The zero-order valence-corrected chi connectivity index (χ0v) is 12.9. The van der Waals surface area contributed by atoms with E-state index >= 15 is 0 Å². The van der Waals surface area contributed by atoms with Crippen molar-refractivity contribution in [2.75, 3.05) is 5.75 Å². The van der Waals surface area contributed by atoms with Crippen LogP contribution in [0.5, 0.6) is 0 Å². The minimum atomic E-state index is -0.624. The Labute approximate surface area is 124 Å². The molecule has 0 N–H and O–H groups in total. The molecule has 1 heterocycles. The molecule has 0 fully saturated rings. The van der Waals surface area contributed by atoms with E-state index in [0.29, 0.717) is 12.3 Å². The van der Waals surface area contributed by atoms with Crippen molar-refractivity contribution in [2.45, 2.75) is 46.1 Å². The predicted molar refractivity (Wildman–Crippen MR) is 83.5 cm³/mol. The van der Waals surface area contributed by atoms with Gasteiger partial charge in [-0.1, -0.05) is 26.7 Å². The number of hydrogen-bond acceptors (Lipinski definition) is 4. The first-order valence-corrected chi connectivity index (χ1v) is 7.57. The highest BCUT2D eigenvalue weighted by atomic mass is 32.1. The quantitative estimate of drug-likeness (QED) is 0.455.